The summed E-state index contributed by atoms with van der Waals surface area (Å²) in [4.78, 5) is 41.1. The van der Waals surface area contributed by atoms with E-state index in [1.54, 1.807) is 38.1 Å². The fourth-order valence-electron chi connectivity index (χ4n) is 4.75. The van der Waals surface area contributed by atoms with Crippen LogP contribution in [-0.2, 0) is 25.6 Å². The number of esters is 2. The number of hydrogen-bond donors (Lipinski definition) is 1. The first-order chi connectivity index (χ1) is 18.8. The molecule has 1 saturated heterocycles. The second-order valence-electron chi connectivity index (χ2n) is 9.75. The first-order valence-electron chi connectivity index (χ1n) is 13.5. The highest BCUT2D eigenvalue weighted by atomic mass is 35.5. The maximum atomic E-state index is 14.9. The Morgan fingerprint density at radius 3 is 2.52 bits per heavy atom. The molecule has 0 spiro atoms. The molecule has 2 unspecified atom stereocenters. The highest BCUT2D eigenvalue weighted by molar-refractivity contribution is 7.81. The van der Waals surface area contributed by atoms with Gasteiger partial charge in [0.05, 0.1) is 25.8 Å². The van der Waals surface area contributed by atoms with E-state index in [0.29, 0.717) is 50.3 Å². The molecule has 1 aromatic carbocycles. The highest BCUT2D eigenvalue weighted by Gasteiger charge is 2.41. The maximum absolute atomic E-state index is 14.9. The zero-order valence-corrected chi connectivity index (χ0v) is 24.5. The van der Waals surface area contributed by atoms with Crippen LogP contribution in [-0.4, -0.2) is 69.2 Å². The molecular formula is C28H36ClFN4O5S. The number of aromatic nitrogens is 3. The number of rotatable bonds is 12. The van der Waals surface area contributed by atoms with Gasteiger partial charge < -0.3 is 9.47 Å². The Hall–Kier alpha value is -2.76. The summed E-state index contributed by atoms with van der Waals surface area (Å²) in [5, 5.41) is 8.69. The molecule has 40 heavy (non-hydrogen) atoms. The number of ketones is 1. The molecule has 2 fully saturated rings. The molecule has 0 N–H and O–H groups in total. The van der Waals surface area contributed by atoms with Gasteiger partial charge in [-0.2, -0.15) is 22.5 Å². The van der Waals surface area contributed by atoms with Crippen molar-refractivity contribution in [1.82, 2.24) is 19.9 Å². The first kappa shape index (κ1) is 31.8. The van der Waals surface area contributed by atoms with Crippen LogP contribution in [0.5, 0.6) is 0 Å². The number of benzene rings is 1. The molecule has 4 rings (SSSR count). The number of piperidine rings is 1. The molecular weight excluding hydrogens is 559 g/mol. The van der Waals surface area contributed by atoms with Gasteiger partial charge in [0.2, 0.25) is 0 Å². The number of nitrogens with zero attached hydrogens (tertiary/aromatic N) is 4. The Labute approximate surface area is 245 Å². The van der Waals surface area contributed by atoms with Gasteiger partial charge in [0, 0.05) is 36.2 Å². The lowest BCUT2D eigenvalue weighted by Crippen LogP contribution is -2.42. The third-order valence-electron chi connectivity index (χ3n) is 6.83. The van der Waals surface area contributed by atoms with E-state index in [0.717, 1.165) is 18.4 Å². The second kappa shape index (κ2) is 14.7. The quantitative estimate of drug-likeness (QED) is 0.284. The standard InChI is InChI=1S/C28H35FN4O5S.ClH/c1-3-37-24(34)10-7-14-33-30-22(25(31-33)28(36)38-4-2)16-19-17-32(15-13-23(19)39)26(27(35)18-11-12-18)20-8-5-6-9-21(20)29;/h5-6,8-9,16,18,23,26,39H,3-4,7,10-15,17H2,1-2H3;1H. The van der Waals surface area contributed by atoms with Crippen LogP contribution in [0.25, 0.3) is 6.08 Å². The van der Waals surface area contributed by atoms with Crippen molar-refractivity contribution in [1.29, 1.82) is 0 Å². The van der Waals surface area contributed by atoms with Crippen molar-refractivity contribution in [3.63, 3.8) is 0 Å². The van der Waals surface area contributed by atoms with Gasteiger partial charge in [-0.1, -0.05) is 18.2 Å². The van der Waals surface area contributed by atoms with Gasteiger partial charge in [-0.3, -0.25) is 14.5 Å². The van der Waals surface area contributed by atoms with Crippen LogP contribution in [0.2, 0.25) is 0 Å². The zero-order valence-electron chi connectivity index (χ0n) is 22.8. The molecule has 1 aromatic heterocycles. The van der Waals surface area contributed by atoms with Gasteiger partial charge in [-0.15, -0.1) is 17.5 Å². The summed E-state index contributed by atoms with van der Waals surface area (Å²) in [5.41, 5.74) is 1.62. The Morgan fingerprint density at radius 1 is 1.12 bits per heavy atom. The molecule has 2 atom stereocenters. The number of halogens is 2. The van der Waals surface area contributed by atoms with Crippen molar-refractivity contribution >= 4 is 48.8 Å². The number of carbonyl (C=O) groups excluding carboxylic acids is 3. The molecule has 1 aliphatic carbocycles. The molecule has 9 nitrogen and oxygen atoms in total. The van der Waals surface area contributed by atoms with E-state index in [2.05, 4.69) is 10.2 Å². The van der Waals surface area contributed by atoms with Crippen LogP contribution >= 0.6 is 25.0 Å². The van der Waals surface area contributed by atoms with Crippen molar-refractivity contribution < 1.29 is 28.2 Å². The second-order valence-corrected chi connectivity index (χ2v) is 10.4. The van der Waals surface area contributed by atoms with E-state index in [-0.39, 0.29) is 54.0 Å². The summed E-state index contributed by atoms with van der Waals surface area (Å²) in [7, 11) is 0. The first-order valence-corrected chi connectivity index (χ1v) is 14.0. The van der Waals surface area contributed by atoms with Crippen LogP contribution < -0.4 is 0 Å². The summed E-state index contributed by atoms with van der Waals surface area (Å²) < 4.78 is 25.0. The lowest BCUT2D eigenvalue weighted by atomic mass is 9.93. The van der Waals surface area contributed by atoms with Gasteiger partial charge in [-0.05, 0) is 57.2 Å². The molecule has 1 aliphatic heterocycles. The molecule has 218 valence electrons. The van der Waals surface area contributed by atoms with E-state index in [1.165, 1.54) is 10.9 Å². The molecule has 2 aromatic rings. The Bertz CT molecular complexity index is 1240. The fraction of sp³-hybridized carbons (Fsp3) is 0.536. The monoisotopic (exact) mass is 594 g/mol. The third kappa shape index (κ3) is 7.92. The van der Waals surface area contributed by atoms with Gasteiger partial charge in [0.1, 0.15) is 11.5 Å². The lowest BCUT2D eigenvalue weighted by molar-refractivity contribution is -0.143. The topological polar surface area (TPSA) is 104 Å². The smallest absolute Gasteiger partial charge is 0.361 e. The van der Waals surface area contributed by atoms with Crippen LogP contribution in [0.15, 0.2) is 29.8 Å². The SMILES string of the molecule is CCOC(=O)CCCn1nc(C=C2CN(C(C(=O)C3CC3)c3ccccc3F)CCC2S)c(C(=O)OCC)n1.Cl. The molecule has 2 heterocycles. The van der Waals surface area contributed by atoms with Gasteiger partial charge in [0.25, 0.3) is 0 Å². The Kier molecular flexibility index (Phi) is 11.7. The van der Waals surface area contributed by atoms with Crippen molar-refractivity contribution in [2.24, 2.45) is 5.92 Å². The van der Waals surface area contributed by atoms with E-state index >= 15 is 0 Å². The molecule has 2 aliphatic rings. The van der Waals surface area contributed by atoms with Crippen molar-refractivity contribution in [2.75, 3.05) is 26.3 Å². The van der Waals surface area contributed by atoms with Crippen LogP contribution in [0.1, 0.15) is 73.7 Å². The average molecular weight is 595 g/mol. The van der Waals surface area contributed by atoms with Gasteiger partial charge in [-0.25, -0.2) is 9.18 Å². The minimum Gasteiger partial charge on any atom is -0.466 e. The number of thiol groups is 1. The highest BCUT2D eigenvalue weighted by Crippen LogP contribution is 2.39. The van der Waals surface area contributed by atoms with Crippen LogP contribution in [0.3, 0.4) is 0 Å². The number of carbonyl (C=O) groups is 3. The largest absolute Gasteiger partial charge is 0.466 e. The van der Waals surface area contributed by atoms with Gasteiger partial charge >= 0.3 is 11.9 Å². The van der Waals surface area contributed by atoms with E-state index in [4.69, 9.17) is 22.1 Å². The molecule has 0 bridgehead atoms. The molecule has 0 radical (unpaired) electrons. The number of likely N-dealkylation sites (tertiary alicyclic amines) is 1. The summed E-state index contributed by atoms with van der Waals surface area (Å²) in [5.74, 6) is -1.30. The number of Topliss-reactive ketones (excluding diaryl/α,β-unsaturated/α-hetero) is 1. The van der Waals surface area contributed by atoms with Crippen molar-refractivity contribution in [3.05, 3.63) is 52.6 Å². The normalized spacial score (nSPS) is 19.1. The number of ether oxygens (including phenoxy) is 2. The van der Waals surface area contributed by atoms with Crippen LogP contribution in [0.4, 0.5) is 4.39 Å². The Balaban J connectivity index is 0.00000441. The molecule has 12 heteroatoms. The van der Waals surface area contributed by atoms with Crippen LogP contribution in [0, 0.1) is 11.7 Å². The minimum absolute atomic E-state index is 0. The number of aryl methyl sites for hydroxylation is 1. The summed E-state index contributed by atoms with van der Waals surface area (Å²) in [6, 6.07) is 5.74. The van der Waals surface area contributed by atoms with Crippen molar-refractivity contribution in [2.45, 2.75) is 63.8 Å². The average Bonchev–Trinajstić information content (AvgIpc) is 3.68. The Morgan fingerprint density at radius 2 is 1.85 bits per heavy atom. The summed E-state index contributed by atoms with van der Waals surface area (Å²) in [6.07, 6.45) is 4.73. The maximum Gasteiger partial charge on any atom is 0.361 e. The zero-order chi connectivity index (χ0) is 27.9. The third-order valence-corrected chi connectivity index (χ3v) is 7.42. The number of hydrogen-bond acceptors (Lipinski definition) is 9. The lowest BCUT2D eigenvalue weighted by Gasteiger charge is -2.37. The fourth-order valence-corrected chi connectivity index (χ4v) is 5.02. The van der Waals surface area contributed by atoms with E-state index in [1.807, 2.05) is 4.90 Å². The molecule has 0 amide bonds. The molecule has 1 saturated carbocycles. The summed E-state index contributed by atoms with van der Waals surface area (Å²) in [6.45, 7) is 5.22. The predicted octanol–water partition coefficient (Wildman–Crippen LogP) is 4.47. The van der Waals surface area contributed by atoms with Crippen molar-refractivity contribution in [3.8, 4) is 0 Å². The van der Waals surface area contributed by atoms with E-state index in [9.17, 15) is 18.8 Å². The minimum atomic E-state index is -0.689. The van der Waals surface area contributed by atoms with Gasteiger partial charge in [0.15, 0.2) is 11.5 Å². The van der Waals surface area contributed by atoms with E-state index < -0.39 is 17.8 Å². The summed E-state index contributed by atoms with van der Waals surface area (Å²) >= 11 is 4.76. The predicted molar refractivity (Wildman–Crippen MR) is 153 cm³/mol.